The number of aromatic amines is 1. The summed E-state index contributed by atoms with van der Waals surface area (Å²) in [6, 6.07) is 11.3. The Morgan fingerprint density at radius 1 is 1.15 bits per heavy atom. The third kappa shape index (κ3) is 4.07. The summed E-state index contributed by atoms with van der Waals surface area (Å²) in [6.07, 6.45) is 1.27. The number of aryl methyl sites for hydroxylation is 1. The molecule has 1 aliphatic heterocycles. The fourth-order valence-corrected chi connectivity index (χ4v) is 4.29. The maximum Gasteiger partial charge on any atom is 0.281 e. The van der Waals surface area contributed by atoms with Crippen LogP contribution >= 0.6 is 0 Å². The molecule has 174 valence electrons. The largest absolute Gasteiger partial charge is 0.338 e. The number of H-pyrrole nitrogens is 1. The number of rotatable bonds is 4. The van der Waals surface area contributed by atoms with Gasteiger partial charge < -0.3 is 9.88 Å². The van der Waals surface area contributed by atoms with E-state index < -0.39 is 28.7 Å². The average molecular weight is 464 g/mol. The van der Waals surface area contributed by atoms with E-state index in [-0.39, 0.29) is 18.0 Å². The van der Waals surface area contributed by atoms with Gasteiger partial charge >= 0.3 is 0 Å². The van der Waals surface area contributed by atoms with E-state index in [0.29, 0.717) is 37.4 Å². The molecule has 1 saturated heterocycles. The number of piperidine rings is 1. The number of nitrogens with zero attached hydrogens (tertiary/aromatic N) is 5. The third-order valence-electron chi connectivity index (χ3n) is 6.12. The van der Waals surface area contributed by atoms with Gasteiger partial charge in [0, 0.05) is 19.0 Å². The lowest BCUT2D eigenvalue weighted by Crippen LogP contribution is -2.40. The molecule has 0 aliphatic carbocycles. The molecular formula is C24H22F2N6O2. The number of amides is 1. The second kappa shape index (κ2) is 8.77. The summed E-state index contributed by atoms with van der Waals surface area (Å²) < 4.78 is 29.9. The van der Waals surface area contributed by atoms with Crippen LogP contribution < -0.4 is 5.56 Å². The van der Waals surface area contributed by atoms with Crippen LogP contribution in [0.15, 0.2) is 47.3 Å². The van der Waals surface area contributed by atoms with E-state index in [2.05, 4.69) is 20.3 Å². The molecule has 2 aromatic heterocycles. The number of fused-ring (bicyclic) bond motifs is 1. The SMILES string of the molecule is Cc1ccc(Cn2nnc3c(=O)[nH]c(C4CCCN(C(=O)c5c(F)cccc5F)C4)nc32)cc1. The number of likely N-dealkylation sites (tertiary alicyclic amines) is 1. The molecule has 0 radical (unpaired) electrons. The fourth-order valence-electron chi connectivity index (χ4n) is 4.29. The van der Waals surface area contributed by atoms with Gasteiger partial charge in [0.05, 0.1) is 6.54 Å². The van der Waals surface area contributed by atoms with Crippen molar-refractivity contribution in [2.75, 3.05) is 13.1 Å². The molecule has 5 rings (SSSR count). The Hall–Kier alpha value is -3.95. The molecule has 1 unspecified atom stereocenters. The van der Waals surface area contributed by atoms with Gasteiger partial charge in [-0.1, -0.05) is 41.1 Å². The van der Waals surface area contributed by atoms with Crippen LogP contribution in [0.1, 0.15) is 46.1 Å². The Morgan fingerprint density at radius 3 is 2.62 bits per heavy atom. The first kappa shape index (κ1) is 21.9. The van der Waals surface area contributed by atoms with Crippen LogP contribution in [0.3, 0.4) is 0 Å². The van der Waals surface area contributed by atoms with Crippen molar-refractivity contribution in [3.8, 4) is 0 Å². The predicted octanol–water partition coefficient (Wildman–Crippen LogP) is 3.17. The number of benzene rings is 2. The van der Waals surface area contributed by atoms with E-state index >= 15 is 0 Å². The van der Waals surface area contributed by atoms with Gasteiger partial charge in [-0.15, -0.1) is 5.10 Å². The van der Waals surface area contributed by atoms with Gasteiger partial charge in [-0.2, -0.15) is 0 Å². The van der Waals surface area contributed by atoms with E-state index in [1.807, 2.05) is 31.2 Å². The molecule has 8 nitrogen and oxygen atoms in total. The zero-order valence-corrected chi connectivity index (χ0v) is 18.5. The lowest BCUT2D eigenvalue weighted by atomic mass is 9.96. The van der Waals surface area contributed by atoms with Gasteiger partial charge in [0.25, 0.3) is 11.5 Å². The number of hydrogen-bond acceptors (Lipinski definition) is 5. The van der Waals surface area contributed by atoms with Crippen LogP contribution in [0.25, 0.3) is 11.2 Å². The van der Waals surface area contributed by atoms with Gasteiger partial charge in [-0.3, -0.25) is 9.59 Å². The molecular weight excluding hydrogens is 442 g/mol. The topological polar surface area (TPSA) is 96.8 Å². The summed E-state index contributed by atoms with van der Waals surface area (Å²) in [7, 11) is 0. The molecule has 4 aromatic rings. The van der Waals surface area contributed by atoms with E-state index in [1.165, 1.54) is 11.0 Å². The van der Waals surface area contributed by atoms with Gasteiger partial charge in [0.2, 0.25) is 0 Å². The number of hydrogen-bond donors (Lipinski definition) is 1. The van der Waals surface area contributed by atoms with E-state index in [0.717, 1.165) is 23.3 Å². The maximum atomic E-state index is 14.1. The molecule has 0 saturated carbocycles. The summed E-state index contributed by atoms with van der Waals surface area (Å²) in [6.45, 7) is 2.94. The third-order valence-corrected chi connectivity index (χ3v) is 6.12. The summed E-state index contributed by atoms with van der Waals surface area (Å²) >= 11 is 0. The minimum Gasteiger partial charge on any atom is -0.338 e. The van der Waals surface area contributed by atoms with Crippen LogP contribution in [0.2, 0.25) is 0 Å². The normalized spacial score (nSPS) is 16.2. The smallest absolute Gasteiger partial charge is 0.281 e. The molecule has 0 spiro atoms. The molecule has 1 amide bonds. The molecule has 2 aromatic carbocycles. The van der Waals surface area contributed by atoms with Gasteiger partial charge in [0.15, 0.2) is 11.2 Å². The molecule has 1 aliphatic rings. The van der Waals surface area contributed by atoms with Crippen molar-refractivity contribution >= 4 is 17.1 Å². The highest BCUT2D eigenvalue weighted by Gasteiger charge is 2.30. The average Bonchev–Trinajstić information content (AvgIpc) is 3.23. The fraction of sp³-hybridized carbons (Fsp3) is 0.292. The van der Waals surface area contributed by atoms with Crippen molar-refractivity contribution in [1.29, 1.82) is 0 Å². The monoisotopic (exact) mass is 464 g/mol. The number of carbonyl (C=O) groups is 1. The summed E-state index contributed by atoms with van der Waals surface area (Å²) in [5.41, 5.74) is 1.62. The summed E-state index contributed by atoms with van der Waals surface area (Å²) in [5, 5.41) is 8.08. The first-order valence-corrected chi connectivity index (χ1v) is 11.0. The Balaban J connectivity index is 1.44. The predicted molar refractivity (Wildman–Crippen MR) is 120 cm³/mol. The highest BCUT2D eigenvalue weighted by Crippen LogP contribution is 2.27. The molecule has 3 heterocycles. The minimum atomic E-state index is -0.897. The highest BCUT2D eigenvalue weighted by molar-refractivity contribution is 5.94. The van der Waals surface area contributed by atoms with Gasteiger partial charge in [-0.25, -0.2) is 18.4 Å². The molecule has 1 N–H and O–H groups in total. The molecule has 10 heteroatoms. The van der Waals surface area contributed by atoms with E-state index in [1.54, 1.807) is 4.68 Å². The van der Waals surface area contributed by atoms with Crippen LogP contribution in [0.4, 0.5) is 8.78 Å². The van der Waals surface area contributed by atoms with Crippen molar-refractivity contribution in [2.45, 2.75) is 32.2 Å². The number of halogens is 2. The Morgan fingerprint density at radius 2 is 1.88 bits per heavy atom. The van der Waals surface area contributed by atoms with Gasteiger partial charge in [-0.05, 0) is 37.5 Å². The van der Waals surface area contributed by atoms with Crippen molar-refractivity contribution in [1.82, 2.24) is 29.9 Å². The Labute approximate surface area is 193 Å². The maximum absolute atomic E-state index is 14.1. The first-order chi connectivity index (χ1) is 16.4. The number of carbonyl (C=O) groups excluding carboxylic acids is 1. The van der Waals surface area contributed by atoms with Gasteiger partial charge in [0.1, 0.15) is 23.0 Å². The van der Waals surface area contributed by atoms with Crippen molar-refractivity contribution in [2.24, 2.45) is 0 Å². The number of nitrogens with one attached hydrogen (secondary N) is 1. The second-order valence-corrected chi connectivity index (χ2v) is 8.54. The van der Waals surface area contributed by atoms with Crippen molar-refractivity contribution < 1.29 is 13.6 Å². The summed E-state index contributed by atoms with van der Waals surface area (Å²) in [5.74, 6) is -2.41. The quantitative estimate of drug-likeness (QED) is 0.501. The van der Waals surface area contributed by atoms with Crippen molar-refractivity contribution in [3.05, 3.63) is 87.0 Å². The van der Waals surface area contributed by atoms with E-state index in [4.69, 9.17) is 0 Å². The highest BCUT2D eigenvalue weighted by atomic mass is 19.1. The first-order valence-electron chi connectivity index (χ1n) is 11.0. The zero-order valence-electron chi connectivity index (χ0n) is 18.5. The summed E-state index contributed by atoms with van der Waals surface area (Å²) in [4.78, 5) is 34.3. The molecule has 0 bridgehead atoms. The Bertz CT molecular complexity index is 1410. The molecule has 1 atom stereocenters. The molecule has 34 heavy (non-hydrogen) atoms. The lowest BCUT2D eigenvalue weighted by Gasteiger charge is -2.32. The second-order valence-electron chi connectivity index (χ2n) is 8.54. The Kier molecular flexibility index (Phi) is 5.64. The van der Waals surface area contributed by atoms with Crippen LogP contribution in [0.5, 0.6) is 0 Å². The zero-order chi connectivity index (χ0) is 23.8. The van der Waals surface area contributed by atoms with E-state index in [9.17, 15) is 18.4 Å². The van der Waals surface area contributed by atoms with Crippen LogP contribution in [-0.2, 0) is 6.54 Å². The van der Waals surface area contributed by atoms with Crippen LogP contribution in [-0.4, -0.2) is 48.9 Å². The standard InChI is InChI=1S/C24H22F2N6O2/c1-14-7-9-15(10-8-14)12-32-22-20(29-30-32)23(33)28-21(27-22)16-4-3-11-31(13-16)24(34)19-17(25)5-2-6-18(19)26/h2,5-10,16H,3-4,11-13H2,1H3,(H,27,28,33). The molecule has 1 fully saturated rings. The minimum absolute atomic E-state index is 0.132. The van der Waals surface area contributed by atoms with Crippen molar-refractivity contribution in [3.63, 3.8) is 0 Å². The number of aromatic nitrogens is 5. The lowest BCUT2D eigenvalue weighted by molar-refractivity contribution is 0.0694. The van der Waals surface area contributed by atoms with Crippen LogP contribution in [0, 0.1) is 18.6 Å².